The number of aryl methyl sites for hydroxylation is 1. The summed E-state index contributed by atoms with van der Waals surface area (Å²) in [6, 6.07) is 6.41. The quantitative estimate of drug-likeness (QED) is 0.891. The van der Waals surface area contributed by atoms with Crippen molar-refractivity contribution >= 4 is 5.69 Å². The van der Waals surface area contributed by atoms with Crippen LogP contribution < -0.4 is 10.1 Å². The maximum absolute atomic E-state index is 5.94. The third-order valence-corrected chi connectivity index (χ3v) is 3.91. The highest BCUT2D eigenvalue weighted by molar-refractivity contribution is 5.56. The molecule has 0 bridgehead atoms. The van der Waals surface area contributed by atoms with Crippen molar-refractivity contribution in [2.24, 2.45) is 5.41 Å². The minimum atomic E-state index is 0.184. The molecule has 1 aromatic rings. The standard InChI is InChI=1S/C15H21NO2/c1-15(6-8-17-10-15)11-18-13-5-4-12-3-2-7-16-14(12)9-13/h4-5,9,16H,2-3,6-8,10-11H2,1H3. The lowest BCUT2D eigenvalue weighted by atomic mass is 9.91. The lowest BCUT2D eigenvalue weighted by molar-refractivity contribution is 0.118. The van der Waals surface area contributed by atoms with Crippen LogP contribution in [0.1, 0.15) is 25.3 Å². The molecular weight excluding hydrogens is 226 g/mol. The zero-order chi connectivity index (χ0) is 12.4. The lowest BCUT2D eigenvalue weighted by Crippen LogP contribution is -2.25. The molecule has 2 aliphatic rings. The summed E-state index contributed by atoms with van der Waals surface area (Å²) in [7, 11) is 0. The van der Waals surface area contributed by atoms with E-state index in [-0.39, 0.29) is 5.41 Å². The monoisotopic (exact) mass is 247 g/mol. The number of nitrogens with one attached hydrogen (secondary N) is 1. The average molecular weight is 247 g/mol. The van der Waals surface area contributed by atoms with Crippen LogP contribution >= 0.6 is 0 Å². The normalized spacial score (nSPS) is 26.5. The summed E-state index contributed by atoms with van der Waals surface area (Å²) in [5.74, 6) is 0.969. The number of hydrogen-bond acceptors (Lipinski definition) is 3. The Bertz CT molecular complexity index is 425. The van der Waals surface area contributed by atoms with E-state index in [4.69, 9.17) is 9.47 Å². The van der Waals surface area contributed by atoms with E-state index in [1.807, 2.05) is 0 Å². The first kappa shape index (κ1) is 11.8. The predicted octanol–water partition coefficient (Wildman–Crippen LogP) is 2.85. The van der Waals surface area contributed by atoms with Crippen LogP contribution in [0.15, 0.2) is 18.2 Å². The predicted molar refractivity (Wildman–Crippen MR) is 72.3 cm³/mol. The number of hydrogen-bond donors (Lipinski definition) is 1. The Morgan fingerprint density at radius 2 is 2.39 bits per heavy atom. The smallest absolute Gasteiger partial charge is 0.121 e. The number of benzene rings is 1. The second-order valence-corrected chi connectivity index (χ2v) is 5.75. The zero-order valence-corrected chi connectivity index (χ0v) is 11.0. The van der Waals surface area contributed by atoms with Gasteiger partial charge in [0.2, 0.25) is 0 Å². The summed E-state index contributed by atoms with van der Waals surface area (Å²) in [6.45, 7) is 5.73. The highest BCUT2D eigenvalue weighted by Gasteiger charge is 2.30. The maximum Gasteiger partial charge on any atom is 0.121 e. The molecule has 0 aliphatic carbocycles. The highest BCUT2D eigenvalue weighted by atomic mass is 16.5. The average Bonchev–Trinajstić information content (AvgIpc) is 2.84. The third-order valence-electron chi connectivity index (χ3n) is 3.91. The molecule has 1 aromatic carbocycles. The fraction of sp³-hybridized carbons (Fsp3) is 0.600. The molecule has 2 heterocycles. The Morgan fingerprint density at radius 3 is 3.22 bits per heavy atom. The fourth-order valence-corrected chi connectivity index (χ4v) is 2.61. The summed E-state index contributed by atoms with van der Waals surface area (Å²) in [6.07, 6.45) is 3.49. The first-order valence-corrected chi connectivity index (χ1v) is 6.83. The van der Waals surface area contributed by atoms with Gasteiger partial charge in [0.15, 0.2) is 0 Å². The molecule has 0 aromatic heterocycles. The van der Waals surface area contributed by atoms with Crippen LogP contribution in [0.3, 0.4) is 0 Å². The fourth-order valence-electron chi connectivity index (χ4n) is 2.61. The molecule has 18 heavy (non-hydrogen) atoms. The van der Waals surface area contributed by atoms with Gasteiger partial charge in [-0.1, -0.05) is 13.0 Å². The van der Waals surface area contributed by atoms with Crippen molar-refractivity contribution in [3.8, 4) is 5.75 Å². The van der Waals surface area contributed by atoms with Gasteiger partial charge in [-0.2, -0.15) is 0 Å². The van der Waals surface area contributed by atoms with Gasteiger partial charge in [0.1, 0.15) is 5.75 Å². The van der Waals surface area contributed by atoms with Crippen LogP contribution in [0.2, 0.25) is 0 Å². The molecule has 0 radical (unpaired) electrons. The van der Waals surface area contributed by atoms with Crippen molar-refractivity contribution in [3.63, 3.8) is 0 Å². The molecule has 0 saturated carbocycles. The van der Waals surface area contributed by atoms with Gasteiger partial charge >= 0.3 is 0 Å². The van der Waals surface area contributed by atoms with Crippen molar-refractivity contribution in [3.05, 3.63) is 23.8 Å². The molecule has 3 nitrogen and oxygen atoms in total. The molecule has 1 atom stereocenters. The maximum atomic E-state index is 5.94. The highest BCUT2D eigenvalue weighted by Crippen LogP contribution is 2.31. The first-order valence-electron chi connectivity index (χ1n) is 6.83. The Hall–Kier alpha value is -1.22. The molecule has 1 unspecified atom stereocenters. The molecule has 1 N–H and O–H groups in total. The molecule has 2 aliphatic heterocycles. The van der Waals surface area contributed by atoms with E-state index in [0.717, 1.165) is 38.5 Å². The number of ether oxygens (including phenoxy) is 2. The largest absolute Gasteiger partial charge is 0.493 e. The van der Waals surface area contributed by atoms with Crippen LogP contribution in [0.5, 0.6) is 5.75 Å². The topological polar surface area (TPSA) is 30.5 Å². The Kier molecular flexibility index (Phi) is 3.16. The minimum Gasteiger partial charge on any atom is -0.493 e. The van der Waals surface area contributed by atoms with Gasteiger partial charge in [-0.05, 0) is 30.9 Å². The molecule has 98 valence electrons. The summed E-state index contributed by atoms with van der Waals surface area (Å²) in [5, 5.41) is 3.44. The van der Waals surface area contributed by atoms with Gasteiger partial charge in [-0.3, -0.25) is 0 Å². The van der Waals surface area contributed by atoms with E-state index in [2.05, 4.69) is 30.4 Å². The molecule has 1 saturated heterocycles. The number of rotatable bonds is 3. The van der Waals surface area contributed by atoms with Crippen molar-refractivity contribution in [2.75, 3.05) is 31.7 Å². The Morgan fingerprint density at radius 1 is 1.44 bits per heavy atom. The van der Waals surface area contributed by atoms with Gasteiger partial charge in [0.25, 0.3) is 0 Å². The molecule has 3 heteroatoms. The van der Waals surface area contributed by atoms with Crippen molar-refractivity contribution in [1.29, 1.82) is 0 Å². The Balaban J connectivity index is 1.66. The lowest BCUT2D eigenvalue weighted by Gasteiger charge is -2.23. The molecule has 0 amide bonds. The van der Waals surface area contributed by atoms with Crippen LogP contribution in [0.25, 0.3) is 0 Å². The summed E-state index contributed by atoms with van der Waals surface area (Å²) in [4.78, 5) is 0. The van der Waals surface area contributed by atoms with Gasteiger partial charge in [-0.15, -0.1) is 0 Å². The molecule has 0 spiro atoms. The van der Waals surface area contributed by atoms with E-state index >= 15 is 0 Å². The Labute approximate surface area is 108 Å². The zero-order valence-electron chi connectivity index (χ0n) is 11.0. The van der Waals surface area contributed by atoms with Crippen LogP contribution in [0, 0.1) is 5.41 Å². The summed E-state index contributed by atoms with van der Waals surface area (Å²) < 4.78 is 11.4. The van der Waals surface area contributed by atoms with E-state index in [9.17, 15) is 0 Å². The summed E-state index contributed by atoms with van der Waals surface area (Å²) in [5.41, 5.74) is 2.83. The van der Waals surface area contributed by atoms with E-state index in [0.29, 0.717) is 0 Å². The van der Waals surface area contributed by atoms with Crippen molar-refractivity contribution < 1.29 is 9.47 Å². The van der Waals surface area contributed by atoms with Crippen molar-refractivity contribution in [1.82, 2.24) is 0 Å². The van der Waals surface area contributed by atoms with Crippen LogP contribution in [-0.2, 0) is 11.2 Å². The third kappa shape index (κ3) is 2.46. The second-order valence-electron chi connectivity index (χ2n) is 5.75. The molecule has 1 fully saturated rings. The van der Waals surface area contributed by atoms with E-state index < -0.39 is 0 Å². The minimum absolute atomic E-state index is 0.184. The SMILES string of the molecule is CC1(COc2ccc3c(c2)NCCC3)CCOC1. The van der Waals surface area contributed by atoms with Gasteiger partial charge in [0.05, 0.1) is 13.2 Å². The first-order chi connectivity index (χ1) is 8.75. The number of fused-ring (bicyclic) bond motifs is 1. The number of anilines is 1. The van der Waals surface area contributed by atoms with Crippen LogP contribution in [0.4, 0.5) is 5.69 Å². The second kappa shape index (κ2) is 4.81. The van der Waals surface area contributed by atoms with Crippen molar-refractivity contribution in [2.45, 2.75) is 26.2 Å². The van der Waals surface area contributed by atoms with E-state index in [1.54, 1.807) is 0 Å². The van der Waals surface area contributed by atoms with E-state index in [1.165, 1.54) is 24.1 Å². The van der Waals surface area contributed by atoms with Gasteiger partial charge in [-0.25, -0.2) is 0 Å². The van der Waals surface area contributed by atoms with Gasteiger partial charge < -0.3 is 14.8 Å². The summed E-state index contributed by atoms with van der Waals surface area (Å²) >= 11 is 0. The van der Waals surface area contributed by atoms with Gasteiger partial charge in [0, 0.05) is 30.3 Å². The van der Waals surface area contributed by atoms with Crippen LogP contribution in [-0.4, -0.2) is 26.4 Å². The molecular formula is C15H21NO2. The molecule has 3 rings (SSSR count).